The number of ether oxygens (including phenoxy) is 1. The fourth-order valence-corrected chi connectivity index (χ4v) is 3.13. The molecule has 0 amide bonds. The summed E-state index contributed by atoms with van der Waals surface area (Å²) in [6.07, 6.45) is 0. The van der Waals surface area contributed by atoms with Crippen molar-refractivity contribution in [2.45, 2.75) is 40.2 Å². The number of aliphatic carboxylic acids is 1. The molecule has 1 N–H and O–H groups in total. The van der Waals surface area contributed by atoms with Gasteiger partial charge in [-0.2, -0.15) is 0 Å². The predicted octanol–water partition coefficient (Wildman–Crippen LogP) is 4.45. The molecule has 27 heavy (non-hydrogen) atoms. The Hall–Kier alpha value is -2.60. The van der Waals surface area contributed by atoms with Crippen molar-refractivity contribution in [2.75, 3.05) is 7.11 Å². The summed E-state index contributed by atoms with van der Waals surface area (Å²) in [5.41, 5.74) is 1.19. The second-order valence-electron chi connectivity index (χ2n) is 6.05. The van der Waals surface area contributed by atoms with Crippen LogP contribution in [0.3, 0.4) is 0 Å². The van der Waals surface area contributed by atoms with Crippen molar-refractivity contribution in [1.29, 1.82) is 0 Å². The molecule has 2 aromatic heterocycles. The first-order valence-electron chi connectivity index (χ1n) is 8.76. The quantitative estimate of drug-likeness (QED) is 0.665. The van der Waals surface area contributed by atoms with E-state index in [1.807, 2.05) is 27.7 Å². The van der Waals surface area contributed by atoms with E-state index in [-0.39, 0.29) is 23.6 Å². The molecule has 2 heterocycles. The van der Waals surface area contributed by atoms with Crippen LogP contribution < -0.4 is 10.2 Å². The number of aromatic nitrogens is 2. The molecular formula is C20H23ClN2O4. The van der Waals surface area contributed by atoms with Gasteiger partial charge in [0.1, 0.15) is 12.2 Å². The summed E-state index contributed by atoms with van der Waals surface area (Å²) in [4.78, 5) is 28.9. The van der Waals surface area contributed by atoms with E-state index in [1.54, 1.807) is 24.3 Å². The SMILES string of the molecule is CC.COc1c(Cl)ccc2c(=O)c3ccc(C(C)C)nc3n(CC(=O)O)c12. The van der Waals surface area contributed by atoms with Gasteiger partial charge in [-0.15, -0.1) is 0 Å². The standard InChI is InChI=1S/C18H17ClN2O4.C2H6/c1-9(2)13-7-5-11-16(24)10-4-6-12(19)17(25-3)15(10)21(8-14(22)23)18(11)20-13;1-2/h4-7,9H,8H2,1-3H3,(H,22,23);1-2H3. The van der Waals surface area contributed by atoms with Gasteiger partial charge >= 0.3 is 5.97 Å². The van der Waals surface area contributed by atoms with Gasteiger partial charge in [0.05, 0.1) is 28.4 Å². The van der Waals surface area contributed by atoms with Gasteiger partial charge in [-0.1, -0.05) is 39.3 Å². The molecule has 0 radical (unpaired) electrons. The Balaban J connectivity index is 0.00000126. The number of nitrogens with zero attached hydrogens (tertiary/aromatic N) is 2. The fraction of sp³-hybridized carbons (Fsp3) is 0.350. The number of carboxylic acid groups (broad SMARTS) is 1. The number of hydrogen-bond acceptors (Lipinski definition) is 4. The lowest BCUT2D eigenvalue weighted by Crippen LogP contribution is -2.18. The minimum absolute atomic E-state index is 0.134. The largest absolute Gasteiger partial charge is 0.493 e. The minimum atomic E-state index is -1.05. The molecule has 0 aliphatic carbocycles. The Morgan fingerprint density at radius 3 is 2.41 bits per heavy atom. The second kappa shape index (κ2) is 8.39. The van der Waals surface area contributed by atoms with Crippen LogP contribution in [0.5, 0.6) is 5.75 Å². The number of fused-ring (bicyclic) bond motifs is 2. The number of rotatable bonds is 4. The number of pyridine rings is 2. The Morgan fingerprint density at radius 1 is 1.22 bits per heavy atom. The van der Waals surface area contributed by atoms with Crippen molar-refractivity contribution in [3.05, 3.63) is 45.2 Å². The van der Waals surface area contributed by atoms with Gasteiger partial charge in [-0.05, 0) is 30.2 Å². The molecule has 3 rings (SSSR count). The molecule has 0 saturated carbocycles. The van der Waals surface area contributed by atoms with E-state index in [2.05, 4.69) is 4.98 Å². The van der Waals surface area contributed by atoms with Gasteiger partial charge < -0.3 is 14.4 Å². The monoisotopic (exact) mass is 390 g/mol. The summed E-state index contributed by atoms with van der Waals surface area (Å²) in [6.45, 7) is 7.59. The van der Waals surface area contributed by atoms with Crippen LogP contribution in [0.25, 0.3) is 21.9 Å². The third-order valence-electron chi connectivity index (χ3n) is 4.08. The van der Waals surface area contributed by atoms with E-state index in [1.165, 1.54) is 11.7 Å². The maximum Gasteiger partial charge on any atom is 0.323 e. The Bertz CT molecular complexity index is 1060. The topological polar surface area (TPSA) is 81.4 Å². The lowest BCUT2D eigenvalue weighted by molar-refractivity contribution is -0.137. The number of carbonyl (C=O) groups is 1. The first kappa shape index (κ1) is 20.7. The first-order chi connectivity index (χ1) is 12.8. The van der Waals surface area contributed by atoms with Crippen LogP contribution >= 0.6 is 11.6 Å². The Kier molecular flexibility index (Phi) is 6.44. The first-order valence-corrected chi connectivity index (χ1v) is 9.14. The summed E-state index contributed by atoms with van der Waals surface area (Å²) in [5.74, 6) is -0.657. The molecular weight excluding hydrogens is 368 g/mol. The summed E-state index contributed by atoms with van der Waals surface area (Å²) < 4.78 is 6.83. The van der Waals surface area contributed by atoms with Crippen molar-refractivity contribution in [1.82, 2.24) is 9.55 Å². The smallest absolute Gasteiger partial charge is 0.323 e. The van der Waals surface area contributed by atoms with Gasteiger partial charge in [0, 0.05) is 5.69 Å². The minimum Gasteiger partial charge on any atom is -0.493 e. The highest BCUT2D eigenvalue weighted by atomic mass is 35.5. The maximum absolute atomic E-state index is 12.9. The van der Waals surface area contributed by atoms with Crippen LogP contribution in [0.4, 0.5) is 0 Å². The van der Waals surface area contributed by atoms with Gasteiger partial charge in [-0.3, -0.25) is 9.59 Å². The highest BCUT2D eigenvalue weighted by Crippen LogP contribution is 2.33. The zero-order chi connectivity index (χ0) is 20.3. The summed E-state index contributed by atoms with van der Waals surface area (Å²) in [5, 5.41) is 10.4. The molecule has 7 heteroatoms. The van der Waals surface area contributed by atoms with Gasteiger partial charge in [0.15, 0.2) is 11.2 Å². The van der Waals surface area contributed by atoms with Crippen LogP contribution in [-0.4, -0.2) is 27.7 Å². The highest BCUT2D eigenvalue weighted by Gasteiger charge is 2.19. The lowest BCUT2D eigenvalue weighted by Gasteiger charge is -2.17. The van der Waals surface area contributed by atoms with Crippen LogP contribution in [0, 0.1) is 0 Å². The molecule has 1 aromatic carbocycles. The third kappa shape index (κ3) is 3.76. The molecule has 0 unspecified atom stereocenters. The molecule has 0 spiro atoms. The fourth-order valence-electron chi connectivity index (χ4n) is 2.90. The number of halogens is 1. The van der Waals surface area contributed by atoms with E-state index in [0.29, 0.717) is 27.0 Å². The predicted molar refractivity (Wildman–Crippen MR) is 108 cm³/mol. The van der Waals surface area contributed by atoms with Gasteiger partial charge in [-0.25, -0.2) is 4.98 Å². The van der Waals surface area contributed by atoms with E-state index in [0.717, 1.165) is 5.69 Å². The Labute approximate surface area is 162 Å². The molecule has 6 nitrogen and oxygen atoms in total. The van der Waals surface area contributed by atoms with Crippen LogP contribution in [0.2, 0.25) is 5.02 Å². The van der Waals surface area contributed by atoms with Crippen molar-refractivity contribution < 1.29 is 14.6 Å². The second-order valence-corrected chi connectivity index (χ2v) is 6.45. The molecule has 0 saturated heterocycles. The lowest BCUT2D eigenvalue weighted by atomic mass is 10.1. The van der Waals surface area contributed by atoms with Crippen LogP contribution in [0.1, 0.15) is 39.3 Å². The highest BCUT2D eigenvalue weighted by molar-refractivity contribution is 6.33. The van der Waals surface area contributed by atoms with Crippen LogP contribution in [0.15, 0.2) is 29.1 Å². The molecule has 0 bridgehead atoms. The molecule has 0 aliphatic rings. The molecule has 0 aliphatic heterocycles. The zero-order valence-electron chi connectivity index (χ0n) is 16.0. The average Bonchev–Trinajstić information content (AvgIpc) is 2.65. The van der Waals surface area contributed by atoms with Crippen molar-refractivity contribution in [2.24, 2.45) is 0 Å². The molecule has 3 aromatic rings. The zero-order valence-corrected chi connectivity index (χ0v) is 16.8. The summed E-state index contributed by atoms with van der Waals surface area (Å²) in [7, 11) is 1.43. The van der Waals surface area contributed by atoms with Crippen molar-refractivity contribution in [3.63, 3.8) is 0 Å². The average molecular weight is 391 g/mol. The third-order valence-corrected chi connectivity index (χ3v) is 4.38. The molecule has 0 fully saturated rings. The summed E-state index contributed by atoms with van der Waals surface area (Å²) >= 11 is 6.19. The summed E-state index contributed by atoms with van der Waals surface area (Å²) in [6, 6.07) is 6.63. The molecule has 144 valence electrons. The van der Waals surface area contributed by atoms with E-state index >= 15 is 0 Å². The van der Waals surface area contributed by atoms with Crippen molar-refractivity contribution >= 4 is 39.5 Å². The van der Waals surface area contributed by atoms with E-state index in [9.17, 15) is 14.7 Å². The van der Waals surface area contributed by atoms with E-state index in [4.69, 9.17) is 16.3 Å². The van der Waals surface area contributed by atoms with Gasteiger partial charge in [0.2, 0.25) is 0 Å². The van der Waals surface area contributed by atoms with E-state index < -0.39 is 5.97 Å². The number of benzene rings is 1. The maximum atomic E-state index is 12.9. The Morgan fingerprint density at radius 2 is 1.85 bits per heavy atom. The van der Waals surface area contributed by atoms with Crippen LogP contribution in [-0.2, 0) is 11.3 Å². The number of carboxylic acids is 1. The number of hydrogen-bond donors (Lipinski definition) is 1. The number of methoxy groups -OCH3 is 1. The normalized spacial score (nSPS) is 10.8. The van der Waals surface area contributed by atoms with Crippen molar-refractivity contribution in [3.8, 4) is 5.75 Å². The molecule has 0 atom stereocenters. The van der Waals surface area contributed by atoms with Gasteiger partial charge in [0.25, 0.3) is 0 Å².